The summed E-state index contributed by atoms with van der Waals surface area (Å²) in [5.74, 6) is 2.55. The topological polar surface area (TPSA) is 43.4 Å². The standard InChI is InChI=1S/C20H26O3.C2H6/c1-12(21)23-19-8-7-18-17-5-3-13-11-14(22)4-6-15(13)16(17)9-10-20(18,19)2;1-2/h4,6,11,15-19H,3,5,7-10H2,1-2H3;1-2H3/t15?,16?,17-,18+,19+,20+;/m1./s1. The highest BCUT2D eigenvalue weighted by atomic mass is 16.5. The predicted molar refractivity (Wildman–Crippen MR) is 98.9 cm³/mol. The minimum atomic E-state index is -0.137. The van der Waals surface area contributed by atoms with Gasteiger partial charge >= 0.3 is 5.97 Å². The molecule has 0 heterocycles. The van der Waals surface area contributed by atoms with Crippen LogP contribution in [0.15, 0.2) is 23.8 Å². The normalized spacial score (nSPS) is 41.5. The van der Waals surface area contributed by atoms with Gasteiger partial charge in [0, 0.05) is 18.3 Å². The van der Waals surface area contributed by atoms with E-state index in [1.165, 1.54) is 31.8 Å². The van der Waals surface area contributed by atoms with Crippen molar-refractivity contribution in [2.45, 2.75) is 72.3 Å². The molecule has 4 aliphatic carbocycles. The first-order chi connectivity index (χ1) is 12.0. The lowest BCUT2D eigenvalue weighted by molar-refractivity contribution is -0.155. The maximum atomic E-state index is 11.6. The second-order valence-corrected chi connectivity index (χ2v) is 8.20. The van der Waals surface area contributed by atoms with E-state index in [-0.39, 0.29) is 23.3 Å². The molecule has 4 aliphatic rings. The first-order valence-electron chi connectivity index (χ1n) is 10.1. The van der Waals surface area contributed by atoms with Crippen LogP contribution in [0.4, 0.5) is 0 Å². The Hall–Kier alpha value is -1.38. The molecule has 0 aromatic heterocycles. The largest absolute Gasteiger partial charge is 0.462 e. The minimum absolute atomic E-state index is 0.103. The predicted octanol–water partition coefficient (Wildman–Crippen LogP) is 4.86. The Morgan fingerprint density at radius 1 is 1.16 bits per heavy atom. The fourth-order valence-electron chi connectivity index (χ4n) is 6.16. The summed E-state index contributed by atoms with van der Waals surface area (Å²) in [6.07, 6.45) is 12.7. The summed E-state index contributed by atoms with van der Waals surface area (Å²) in [7, 11) is 0. The monoisotopic (exact) mass is 344 g/mol. The molecule has 25 heavy (non-hydrogen) atoms. The van der Waals surface area contributed by atoms with Gasteiger partial charge in [0.2, 0.25) is 0 Å². The first kappa shape index (κ1) is 18.4. The van der Waals surface area contributed by atoms with Crippen LogP contribution in [0.5, 0.6) is 0 Å². The summed E-state index contributed by atoms with van der Waals surface area (Å²) >= 11 is 0. The Kier molecular flexibility index (Phi) is 5.22. The number of esters is 1. The number of ether oxygens (including phenoxy) is 1. The highest BCUT2D eigenvalue weighted by Gasteiger charge is 2.57. The fraction of sp³-hybridized carbons (Fsp3) is 0.727. The van der Waals surface area contributed by atoms with Crippen molar-refractivity contribution < 1.29 is 14.3 Å². The van der Waals surface area contributed by atoms with Crippen LogP contribution >= 0.6 is 0 Å². The van der Waals surface area contributed by atoms with Crippen LogP contribution in [0.25, 0.3) is 0 Å². The van der Waals surface area contributed by atoms with E-state index in [0.717, 1.165) is 19.3 Å². The third-order valence-corrected chi connectivity index (χ3v) is 7.17. The number of hydrogen-bond donors (Lipinski definition) is 0. The molecule has 0 spiro atoms. The number of carbonyl (C=O) groups excluding carboxylic acids is 2. The second kappa shape index (κ2) is 7.09. The van der Waals surface area contributed by atoms with Crippen LogP contribution in [0.3, 0.4) is 0 Å². The Morgan fingerprint density at radius 3 is 2.64 bits per heavy atom. The molecule has 3 nitrogen and oxygen atoms in total. The van der Waals surface area contributed by atoms with Gasteiger partial charge in [-0.3, -0.25) is 9.59 Å². The molecule has 0 bridgehead atoms. The molecule has 2 unspecified atom stereocenters. The van der Waals surface area contributed by atoms with Crippen LogP contribution in [-0.4, -0.2) is 17.9 Å². The van der Waals surface area contributed by atoms with Crippen molar-refractivity contribution in [1.29, 1.82) is 0 Å². The minimum Gasteiger partial charge on any atom is -0.462 e. The van der Waals surface area contributed by atoms with Crippen molar-refractivity contribution in [3.05, 3.63) is 23.8 Å². The summed E-state index contributed by atoms with van der Waals surface area (Å²) in [5.41, 5.74) is 1.51. The third kappa shape index (κ3) is 3.11. The van der Waals surface area contributed by atoms with E-state index in [9.17, 15) is 9.59 Å². The molecule has 3 heteroatoms. The summed E-state index contributed by atoms with van der Waals surface area (Å²) in [6.45, 7) is 7.88. The Balaban J connectivity index is 0.000000880. The van der Waals surface area contributed by atoms with Gasteiger partial charge in [-0.15, -0.1) is 0 Å². The number of carbonyl (C=O) groups is 2. The first-order valence-corrected chi connectivity index (χ1v) is 10.1. The summed E-state index contributed by atoms with van der Waals surface area (Å²) < 4.78 is 5.68. The molecule has 0 amide bonds. The highest BCUT2D eigenvalue weighted by Crippen LogP contribution is 2.61. The molecule has 3 saturated carbocycles. The van der Waals surface area contributed by atoms with Crippen molar-refractivity contribution in [1.82, 2.24) is 0 Å². The van der Waals surface area contributed by atoms with Crippen LogP contribution in [-0.2, 0) is 14.3 Å². The lowest BCUT2D eigenvalue weighted by Crippen LogP contribution is -2.47. The summed E-state index contributed by atoms with van der Waals surface area (Å²) in [4.78, 5) is 23.1. The number of fused-ring (bicyclic) bond motifs is 5. The van der Waals surface area contributed by atoms with E-state index in [4.69, 9.17) is 4.74 Å². The van der Waals surface area contributed by atoms with Gasteiger partial charge in [-0.2, -0.15) is 0 Å². The van der Waals surface area contributed by atoms with E-state index in [2.05, 4.69) is 13.0 Å². The summed E-state index contributed by atoms with van der Waals surface area (Å²) in [5, 5.41) is 0. The molecule has 0 aromatic rings. The van der Waals surface area contributed by atoms with Crippen molar-refractivity contribution in [2.75, 3.05) is 0 Å². The number of ketones is 1. The molecular weight excluding hydrogens is 312 g/mol. The van der Waals surface area contributed by atoms with Crippen molar-refractivity contribution in [3.8, 4) is 0 Å². The van der Waals surface area contributed by atoms with E-state index < -0.39 is 0 Å². The maximum Gasteiger partial charge on any atom is 0.302 e. The highest BCUT2D eigenvalue weighted by molar-refractivity contribution is 6.00. The molecular formula is C22H32O3. The van der Waals surface area contributed by atoms with Crippen LogP contribution in [0, 0.1) is 29.1 Å². The molecule has 0 aromatic carbocycles. The molecule has 4 rings (SSSR count). The molecule has 0 radical (unpaired) electrons. The lowest BCUT2D eigenvalue weighted by Gasteiger charge is -2.52. The second-order valence-electron chi connectivity index (χ2n) is 8.20. The Morgan fingerprint density at radius 2 is 1.92 bits per heavy atom. The SMILES string of the molecule is CC.CC(=O)O[C@H]1CC[C@H]2[C@@H]3CCC4=CC(=O)C=CC4C3CC[C@]12C. The van der Waals surface area contributed by atoms with Crippen molar-refractivity contribution >= 4 is 11.8 Å². The number of hydrogen-bond acceptors (Lipinski definition) is 3. The Bertz CT molecular complexity index is 602. The number of rotatable bonds is 1. The molecule has 6 atom stereocenters. The number of allylic oxidation sites excluding steroid dienone is 4. The fourth-order valence-corrected chi connectivity index (χ4v) is 6.16. The van der Waals surface area contributed by atoms with Gasteiger partial charge in [0.15, 0.2) is 5.78 Å². The van der Waals surface area contributed by atoms with Gasteiger partial charge < -0.3 is 4.74 Å². The average molecular weight is 344 g/mol. The van der Waals surface area contributed by atoms with E-state index in [1.54, 1.807) is 6.08 Å². The molecule has 0 saturated heterocycles. The molecule has 138 valence electrons. The lowest BCUT2D eigenvalue weighted by atomic mass is 9.53. The molecule has 3 fully saturated rings. The van der Waals surface area contributed by atoms with E-state index >= 15 is 0 Å². The van der Waals surface area contributed by atoms with Crippen LogP contribution in [0.2, 0.25) is 0 Å². The quantitative estimate of drug-likeness (QED) is 0.638. The van der Waals surface area contributed by atoms with Gasteiger partial charge in [-0.1, -0.05) is 32.4 Å². The smallest absolute Gasteiger partial charge is 0.302 e. The van der Waals surface area contributed by atoms with Crippen LogP contribution in [0.1, 0.15) is 66.2 Å². The van der Waals surface area contributed by atoms with Crippen LogP contribution < -0.4 is 0 Å². The zero-order chi connectivity index (χ0) is 18.2. The summed E-state index contributed by atoms with van der Waals surface area (Å²) in [6, 6.07) is 0. The van der Waals surface area contributed by atoms with Crippen molar-refractivity contribution in [3.63, 3.8) is 0 Å². The maximum absolute atomic E-state index is 11.6. The molecule has 0 aliphatic heterocycles. The molecule has 0 N–H and O–H groups in total. The zero-order valence-electron chi connectivity index (χ0n) is 16.1. The third-order valence-electron chi connectivity index (χ3n) is 7.17. The van der Waals surface area contributed by atoms with E-state index in [1.807, 2.05) is 19.9 Å². The van der Waals surface area contributed by atoms with Gasteiger partial charge in [-0.25, -0.2) is 0 Å². The van der Waals surface area contributed by atoms with E-state index in [0.29, 0.717) is 23.7 Å². The average Bonchev–Trinajstić information content (AvgIpc) is 2.92. The Labute approximate surface area is 151 Å². The zero-order valence-corrected chi connectivity index (χ0v) is 16.1. The van der Waals surface area contributed by atoms with Gasteiger partial charge in [0.05, 0.1) is 0 Å². The van der Waals surface area contributed by atoms with Gasteiger partial charge in [0.25, 0.3) is 0 Å². The van der Waals surface area contributed by atoms with Gasteiger partial charge in [-0.05, 0) is 68.4 Å². The van der Waals surface area contributed by atoms with Gasteiger partial charge in [0.1, 0.15) is 6.10 Å². The van der Waals surface area contributed by atoms with Crippen molar-refractivity contribution in [2.24, 2.45) is 29.1 Å².